The molecule has 0 atom stereocenters. The average molecular weight is 298 g/mol. The van der Waals surface area contributed by atoms with Crippen LogP contribution in [-0.4, -0.2) is 30.7 Å². The van der Waals surface area contributed by atoms with E-state index in [0.717, 1.165) is 11.3 Å². The van der Waals surface area contributed by atoms with Gasteiger partial charge in [0.2, 0.25) is 0 Å². The van der Waals surface area contributed by atoms with E-state index < -0.39 is 5.97 Å². The average Bonchev–Trinajstić information content (AvgIpc) is 2.92. The van der Waals surface area contributed by atoms with Crippen LogP contribution in [0.4, 0.5) is 0 Å². The van der Waals surface area contributed by atoms with Crippen LogP contribution in [0.15, 0.2) is 35.4 Å². The first kappa shape index (κ1) is 14.0. The van der Waals surface area contributed by atoms with Crippen LogP contribution in [0, 0.1) is 6.92 Å². The fourth-order valence-corrected chi connectivity index (χ4v) is 2.37. The number of nitrogens with one attached hydrogen (secondary N) is 1. The zero-order valence-electron chi connectivity index (χ0n) is 11.9. The Labute approximate surface area is 125 Å². The molecule has 0 radical (unpaired) electrons. The van der Waals surface area contributed by atoms with Crippen LogP contribution in [0.1, 0.15) is 17.7 Å². The number of aryl methyl sites for hydroxylation is 1. The summed E-state index contributed by atoms with van der Waals surface area (Å²) in [4.78, 5) is 31.5. The van der Waals surface area contributed by atoms with Crippen LogP contribution in [-0.2, 0) is 11.2 Å². The number of aliphatic carboxylic acids is 1. The number of hydrogen-bond donors (Lipinski definition) is 2. The summed E-state index contributed by atoms with van der Waals surface area (Å²) in [7, 11) is 0. The molecule has 0 aliphatic carbocycles. The van der Waals surface area contributed by atoms with Gasteiger partial charge in [-0.15, -0.1) is 0 Å². The normalized spacial score (nSPS) is 11.0. The monoisotopic (exact) mass is 298 g/mol. The van der Waals surface area contributed by atoms with Gasteiger partial charge in [0.25, 0.3) is 5.56 Å². The molecule has 3 heterocycles. The highest BCUT2D eigenvalue weighted by molar-refractivity contribution is 5.67. The maximum Gasteiger partial charge on any atom is 0.303 e. The molecule has 0 saturated heterocycles. The first-order chi connectivity index (χ1) is 10.6. The van der Waals surface area contributed by atoms with Crippen molar-refractivity contribution in [2.24, 2.45) is 0 Å². The second-order valence-electron chi connectivity index (χ2n) is 4.97. The number of H-pyrrole nitrogens is 1. The van der Waals surface area contributed by atoms with Gasteiger partial charge in [-0.25, -0.2) is 9.50 Å². The van der Waals surface area contributed by atoms with Crippen molar-refractivity contribution in [2.45, 2.75) is 19.8 Å². The summed E-state index contributed by atoms with van der Waals surface area (Å²) < 4.78 is 1.35. The third-order valence-electron chi connectivity index (χ3n) is 3.50. The van der Waals surface area contributed by atoms with E-state index in [1.54, 1.807) is 25.4 Å². The minimum Gasteiger partial charge on any atom is -0.481 e. The lowest BCUT2D eigenvalue weighted by Crippen LogP contribution is -2.22. The second-order valence-corrected chi connectivity index (χ2v) is 4.97. The molecule has 3 aromatic rings. The number of rotatable bonds is 4. The summed E-state index contributed by atoms with van der Waals surface area (Å²) in [6.07, 6.45) is 3.41. The van der Waals surface area contributed by atoms with E-state index in [9.17, 15) is 9.59 Å². The largest absolute Gasteiger partial charge is 0.481 e. The molecular formula is C15H14N4O3. The summed E-state index contributed by atoms with van der Waals surface area (Å²) >= 11 is 0. The Morgan fingerprint density at radius 3 is 2.77 bits per heavy atom. The van der Waals surface area contributed by atoms with Crippen molar-refractivity contribution >= 4 is 11.6 Å². The van der Waals surface area contributed by atoms with E-state index >= 15 is 0 Å². The van der Waals surface area contributed by atoms with Gasteiger partial charge in [-0.2, -0.15) is 0 Å². The van der Waals surface area contributed by atoms with Crippen LogP contribution in [0.25, 0.3) is 16.9 Å². The molecule has 0 aromatic carbocycles. The van der Waals surface area contributed by atoms with Crippen molar-refractivity contribution < 1.29 is 9.90 Å². The Kier molecular flexibility index (Phi) is 3.46. The molecule has 0 unspecified atom stereocenters. The highest BCUT2D eigenvalue weighted by Crippen LogP contribution is 2.17. The van der Waals surface area contributed by atoms with E-state index in [1.165, 1.54) is 4.52 Å². The van der Waals surface area contributed by atoms with Gasteiger partial charge in [0.15, 0.2) is 5.65 Å². The Balaban J connectivity index is 2.11. The number of fused-ring (bicyclic) bond motifs is 1. The third-order valence-corrected chi connectivity index (χ3v) is 3.50. The number of carbonyl (C=O) groups is 1. The third kappa shape index (κ3) is 2.48. The zero-order valence-corrected chi connectivity index (χ0v) is 11.9. The molecule has 0 saturated carbocycles. The highest BCUT2D eigenvalue weighted by atomic mass is 16.4. The van der Waals surface area contributed by atoms with Gasteiger partial charge in [-0.05, 0) is 25.5 Å². The van der Waals surface area contributed by atoms with Gasteiger partial charge >= 0.3 is 5.97 Å². The Hall–Kier alpha value is -2.96. The minimum atomic E-state index is -0.937. The molecule has 2 N–H and O–H groups in total. The van der Waals surface area contributed by atoms with E-state index in [-0.39, 0.29) is 18.4 Å². The van der Waals surface area contributed by atoms with Gasteiger partial charge in [-0.3, -0.25) is 19.7 Å². The van der Waals surface area contributed by atoms with E-state index in [2.05, 4.69) is 15.1 Å². The lowest BCUT2D eigenvalue weighted by atomic mass is 10.1. The van der Waals surface area contributed by atoms with Crippen molar-refractivity contribution in [3.8, 4) is 11.3 Å². The molecule has 0 aliphatic heterocycles. The predicted molar refractivity (Wildman–Crippen MR) is 79.7 cm³/mol. The SMILES string of the molecule is Cc1nc2cc(-c3ccncc3)[nH]n2c(=O)c1CCC(=O)O. The van der Waals surface area contributed by atoms with Crippen LogP contribution >= 0.6 is 0 Å². The van der Waals surface area contributed by atoms with Crippen LogP contribution in [0.5, 0.6) is 0 Å². The molecule has 0 bridgehead atoms. The van der Waals surface area contributed by atoms with Crippen LogP contribution in [0.2, 0.25) is 0 Å². The molecular weight excluding hydrogens is 284 g/mol. The standard InChI is InChI=1S/C15H14N4O3/c1-9-11(2-3-14(20)21)15(22)19-13(17-9)8-12(18-19)10-4-6-16-7-5-10/h4-8,18H,2-3H2,1H3,(H,20,21). The Morgan fingerprint density at radius 2 is 2.09 bits per heavy atom. The number of pyridine rings is 1. The highest BCUT2D eigenvalue weighted by Gasteiger charge is 2.13. The van der Waals surface area contributed by atoms with Crippen molar-refractivity contribution in [2.75, 3.05) is 0 Å². The number of carboxylic acids is 1. The molecule has 0 spiro atoms. The van der Waals surface area contributed by atoms with Crippen LogP contribution in [0.3, 0.4) is 0 Å². The van der Waals surface area contributed by atoms with Gasteiger partial charge < -0.3 is 5.11 Å². The molecule has 112 valence electrons. The topological polar surface area (TPSA) is 100 Å². The van der Waals surface area contributed by atoms with Crippen molar-refractivity contribution in [3.63, 3.8) is 0 Å². The van der Waals surface area contributed by atoms with Gasteiger partial charge in [0.1, 0.15) is 0 Å². The Bertz CT molecular complexity index is 896. The smallest absolute Gasteiger partial charge is 0.303 e. The fraction of sp³-hybridized carbons (Fsp3) is 0.200. The van der Waals surface area contributed by atoms with Gasteiger partial charge in [0, 0.05) is 41.7 Å². The number of aromatic nitrogens is 4. The lowest BCUT2D eigenvalue weighted by Gasteiger charge is -2.03. The summed E-state index contributed by atoms with van der Waals surface area (Å²) in [6.45, 7) is 1.72. The summed E-state index contributed by atoms with van der Waals surface area (Å²) in [6, 6.07) is 5.44. The Morgan fingerprint density at radius 1 is 1.36 bits per heavy atom. The summed E-state index contributed by atoms with van der Waals surface area (Å²) in [5, 5.41) is 11.8. The second kappa shape index (κ2) is 5.44. The van der Waals surface area contributed by atoms with Gasteiger partial charge in [0.05, 0.1) is 5.69 Å². The van der Waals surface area contributed by atoms with E-state index in [1.807, 2.05) is 12.1 Å². The van der Waals surface area contributed by atoms with Crippen molar-refractivity contribution in [1.82, 2.24) is 19.6 Å². The quantitative estimate of drug-likeness (QED) is 0.758. The number of aromatic amines is 1. The summed E-state index contributed by atoms with van der Waals surface area (Å²) in [5.41, 5.74) is 2.87. The first-order valence-corrected chi connectivity index (χ1v) is 6.79. The molecule has 22 heavy (non-hydrogen) atoms. The molecule has 0 amide bonds. The zero-order chi connectivity index (χ0) is 15.7. The molecule has 0 aliphatic rings. The summed E-state index contributed by atoms with van der Waals surface area (Å²) in [5.74, 6) is -0.937. The van der Waals surface area contributed by atoms with Crippen molar-refractivity contribution in [3.05, 3.63) is 52.2 Å². The molecule has 3 aromatic heterocycles. The van der Waals surface area contributed by atoms with E-state index in [0.29, 0.717) is 16.9 Å². The molecule has 7 heteroatoms. The van der Waals surface area contributed by atoms with E-state index in [4.69, 9.17) is 5.11 Å². The van der Waals surface area contributed by atoms with Crippen LogP contribution < -0.4 is 5.56 Å². The molecule has 0 fully saturated rings. The lowest BCUT2D eigenvalue weighted by molar-refractivity contribution is -0.136. The molecule has 7 nitrogen and oxygen atoms in total. The predicted octanol–water partition coefficient (Wildman–Crippen LogP) is 1.41. The minimum absolute atomic E-state index is 0.0955. The maximum atomic E-state index is 12.5. The fourth-order valence-electron chi connectivity index (χ4n) is 2.37. The number of carboxylic acid groups (broad SMARTS) is 1. The molecule has 3 rings (SSSR count). The number of nitrogens with zero attached hydrogens (tertiary/aromatic N) is 3. The first-order valence-electron chi connectivity index (χ1n) is 6.79. The maximum absolute atomic E-state index is 12.5. The van der Waals surface area contributed by atoms with Crippen molar-refractivity contribution in [1.29, 1.82) is 0 Å². The number of hydrogen-bond acceptors (Lipinski definition) is 4. The van der Waals surface area contributed by atoms with Gasteiger partial charge in [-0.1, -0.05) is 0 Å².